The number of amides is 1. The Kier molecular flexibility index (Phi) is 4.04. The van der Waals surface area contributed by atoms with Crippen molar-refractivity contribution in [2.75, 3.05) is 44.7 Å². The zero-order chi connectivity index (χ0) is 13.0. The van der Waals surface area contributed by atoms with Gasteiger partial charge in [-0.25, -0.2) is 0 Å². The van der Waals surface area contributed by atoms with Crippen LogP contribution in [0, 0.1) is 0 Å². The van der Waals surface area contributed by atoms with Gasteiger partial charge in [-0.05, 0) is 12.1 Å². The minimum atomic E-state index is 0.0228. The summed E-state index contributed by atoms with van der Waals surface area (Å²) in [4.78, 5) is 15.5. The molecule has 5 nitrogen and oxygen atoms in total. The maximum absolute atomic E-state index is 11.5. The van der Waals surface area contributed by atoms with E-state index < -0.39 is 0 Å². The lowest BCUT2D eigenvalue weighted by molar-refractivity contribution is -0.129. The van der Waals surface area contributed by atoms with Gasteiger partial charge in [-0.15, -0.1) is 0 Å². The lowest BCUT2D eigenvalue weighted by Gasteiger charge is -2.36. The molecular weight excluding hydrogens is 230 g/mol. The number of methoxy groups -OCH3 is 1. The second-order valence-electron chi connectivity index (χ2n) is 4.24. The molecule has 2 N–H and O–H groups in total. The highest BCUT2D eigenvalue weighted by Crippen LogP contribution is 2.28. The number of ether oxygens (including phenoxy) is 1. The molecule has 1 fully saturated rings. The van der Waals surface area contributed by atoms with Crippen LogP contribution in [-0.4, -0.2) is 50.6 Å². The van der Waals surface area contributed by atoms with Gasteiger partial charge >= 0.3 is 0 Å². The Bertz CT molecular complexity index is 414. The van der Waals surface area contributed by atoms with Crippen LogP contribution in [0.4, 0.5) is 5.69 Å². The number of anilines is 1. The first-order valence-corrected chi connectivity index (χ1v) is 6.12. The van der Waals surface area contributed by atoms with E-state index in [4.69, 9.17) is 10.5 Å². The Hall–Kier alpha value is -1.75. The number of rotatable bonds is 3. The molecule has 0 radical (unpaired) electrons. The summed E-state index contributed by atoms with van der Waals surface area (Å²) in [6.07, 6.45) is 0. The Labute approximate surface area is 107 Å². The Morgan fingerprint density at radius 2 is 1.94 bits per heavy atom. The summed E-state index contributed by atoms with van der Waals surface area (Å²) in [5.41, 5.74) is 6.45. The van der Waals surface area contributed by atoms with E-state index in [0.717, 1.165) is 24.5 Å². The van der Waals surface area contributed by atoms with Gasteiger partial charge in [-0.1, -0.05) is 12.1 Å². The number of carbonyl (C=O) groups excluding carboxylic acids is 1. The van der Waals surface area contributed by atoms with Crippen molar-refractivity contribution in [3.63, 3.8) is 0 Å². The van der Waals surface area contributed by atoms with Crippen molar-refractivity contribution < 1.29 is 9.53 Å². The van der Waals surface area contributed by atoms with Gasteiger partial charge in [0.25, 0.3) is 0 Å². The first kappa shape index (κ1) is 12.7. The van der Waals surface area contributed by atoms with Crippen LogP contribution in [-0.2, 0) is 4.79 Å². The van der Waals surface area contributed by atoms with Gasteiger partial charge in [-0.2, -0.15) is 0 Å². The molecule has 0 atom stereocenters. The zero-order valence-electron chi connectivity index (χ0n) is 10.6. The van der Waals surface area contributed by atoms with Gasteiger partial charge in [0.15, 0.2) is 0 Å². The summed E-state index contributed by atoms with van der Waals surface area (Å²) in [7, 11) is 1.67. The summed E-state index contributed by atoms with van der Waals surface area (Å²) in [5.74, 6) is 0.894. The number of nitrogens with zero attached hydrogens (tertiary/aromatic N) is 2. The molecule has 0 spiro atoms. The van der Waals surface area contributed by atoms with Crippen molar-refractivity contribution in [2.45, 2.75) is 0 Å². The van der Waals surface area contributed by atoms with E-state index >= 15 is 0 Å². The molecule has 1 aliphatic heterocycles. The van der Waals surface area contributed by atoms with Gasteiger partial charge in [0.2, 0.25) is 5.91 Å². The van der Waals surface area contributed by atoms with E-state index in [9.17, 15) is 4.79 Å². The molecule has 0 aromatic heterocycles. The van der Waals surface area contributed by atoms with Gasteiger partial charge in [0.1, 0.15) is 5.75 Å². The molecule has 1 heterocycles. The second kappa shape index (κ2) is 5.73. The van der Waals surface area contributed by atoms with E-state index in [1.807, 2.05) is 29.2 Å². The molecule has 1 aromatic carbocycles. The van der Waals surface area contributed by atoms with E-state index in [1.54, 1.807) is 7.11 Å². The average Bonchev–Trinajstić information content (AvgIpc) is 2.46. The summed E-state index contributed by atoms with van der Waals surface area (Å²) < 4.78 is 5.35. The Balaban J connectivity index is 2.03. The molecule has 1 aromatic rings. The fraction of sp³-hybridized carbons (Fsp3) is 0.462. The SMILES string of the molecule is COc1ccccc1N1CCN(C(=O)CN)CC1. The maximum atomic E-state index is 11.5. The third kappa shape index (κ3) is 2.56. The monoisotopic (exact) mass is 249 g/mol. The van der Waals surface area contributed by atoms with Gasteiger partial charge < -0.3 is 20.3 Å². The van der Waals surface area contributed by atoms with Gasteiger partial charge in [0, 0.05) is 26.2 Å². The van der Waals surface area contributed by atoms with Crippen molar-refractivity contribution in [1.29, 1.82) is 0 Å². The lowest BCUT2D eigenvalue weighted by Crippen LogP contribution is -2.50. The van der Waals surface area contributed by atoms with Crippen molar-refractivity contribution in [3.8, 4) is 5.75 Å². The number of hydrogen-bond acceptors (Lipinski definition) is 4. The van der Waals surface area contributed by atoms with Crippen LogP contribution in [0.2, 0.25) is 0 Å². The highest BCUT2D eigenvalue weighted by molar-refractivity contribution is 5.78. The number of benzene rings is 1. The van der Waals surface area contributed by atoms with Crippen LogP contribution in [0.3, 0.4) is 0 Å². The van der Waals surface area contributed by atoms with Crippen LogP contribution in [0.25, 0.3) is 0 Å². The fourth-order valence-corrected chi connectivity index (χ4v) is 2.22. The number of hydrogen-bond donors (Lipinski definition) is 1. The highest BCUT2D eigenvalue weighted by Gasteiger charge is 2.21. The molecule has 2 rings (SSSR count). The third-order valence-electron chi connectivity index (χ3n) is 3.23. The predicted octanol–water partition coefficient (Wildman–Crippen LogP) is 0.303. The average molecular weight is 249 g/mol. The van der Waals surface area contributed by atoms with Crippen LogP contribution >= 0.6 is 0 Å². The van der Waals surface area contributed by atoms with Crippen LogP contribution < -0.4 is 15.4 Å². The summed E-state index contributed by atoms with van der Waals surface area (Å²) in [6.45, 7) is 3.15. The minimum absolute atomic E-state index is 0.0228. The van der Waals surface area contributed by atoms with Crippen molar-refractivity contribution >= 4 is 11.6 Å². The molecule has 1 saturated heterocycles. The lowest BCUT2D eigenvalue weighted by atomic mass is 10.2. The summed E-state index contributed by atoms with van der Waals surface area (Å²) >= 11 is 0. The molecule has 5 heteroatoms. The van der Waals surface area contributed by atoms with Gasteiger partial charge in [-0.3, -0.25) is 4.79 Å². The fourth-order valence-electron chi connectivity index (χ4n) is 2.22. The first-order chi connectivity index (χ1) is 8.76. The summed E-state index contributed by atoms with van der Waals surface area (Å²) in [5, 5.41) is 0. The number of para-hydroxylation sites is 2. The molecule has 1 amide bonds. The molecule has 0 saturated carbocycles. The molecule has 0 unspecified atom stereocenters. The highest BCUT2D eigenvalue weighted by atomic mass is 16.5. The normalized spacial score (nSPS) is 15.7. The summed E-state index contributed by atoms with van der Waals surface area (Å²) in [6, 6.07) is 7.94. The first-order valence-electron chi connectivity index (χ1n) is 6.12. The largest absolute Gasteiger partial charge is 0.495 e. The minimum Gasteiger partial charge on any atom is -0.495 e. The third-order valence-corrected chi connectivity index (χ3v) is 3.23. The second-order valence-corrected chi connectivity index (χ2v) is 4.24. The van der Waals surface area contributed by atoms with Crippen molar-refractivity contribution in [2.24, 2.45) is 5.73 Å². The molecule has 1 aliphatic rings. The van der Waals surface area contributed by atoms with Crippen LogP contribution in [0.1, 0.15) is 0 Å². The molecule has 0 aliphatic carbocycles. The molecule has 18 heavy (non-hydrogen) atoms. The van der Waals surface area contributed by atoms with Crippen molar-refractivity contribution in [1.82, 2.24) is 4.90 Å². The van der Waals surface area contributed by atoms with E-state index in [0.29, 0.717) is 13.1 Å². The molecule has 0 bridgehead atoms. The Morgan fingerprint density at radius 1 is 1.28 bits per heavy atom. The van der Waals surface area contributed by atoms with E-state index in [1.165, 1.54) is 0 Å². The van der Waals surface area contributed by atoms with E-state index in [-0.39, 0.29) is 12.5 Å². The molecular formula is C13H19N3O2. The standard InChI is InChI=1S/C13H19N3O2/c1-18-12-5-3-2-4-11(12)15-6-8-16(9-7-15)13(17)10-14/h2-5H,6-10,14H2,1H3. The Morgan fingerprint density at radius 3 is 2.56 bits per heavy atom. The van der Waals surface area contributed by atoms with Crippen molar-refractivity contribution in [3.05, 3.63) is 24.3 Å². The zero-order valence-corrected chi connectivity index (χ0v) is 10.6. The number of carbonyl (C=O) groups is 1. The molecule has 98 valence electrons. The van der Waals surface area contributed by atoms with Crippen LogP contribution in [0.15, 0.2) is 24.3 Å². The maximum Gasteiger partial charge on any atom is 0.236 e. The quantitative estimate of drug-likeness (QED) is 0.837. The smallest absolute Gasteiger partial charge is 0.236 e. The van der Waals surface area contributed by atoms with E-state index in [2.05, 4.69) is 4.90 Å². The number of piperazine rings is 1. The van der Waals surface area contributed by atoms with Crippen LogP contribution in [0.5, 0.6) is 5.75 Å². The van der Waals surface area contributed by atoms with Gasteiger partial charge in [0.05, 0.1) is 19.3 Å². The number of nitrogens with two attached hydrogens (primary N) is 1. The predicted molar refractivity (Wildman–Crippen MR) is 70.8 cm³/mol. The topological polar surface area (TPSA) is 58.8 Å².